The quantitative estimate of drug-likeness (QED) is 0.712. The van der Waals surface area contributed by atoms with Gasteiger partial charge in [0.05, 0.1) is 12.7 Å². The summed E-state index contributed by atoms with van der Waals surface area (Å²) in [5.41, 5.74) is 0. The van der Waals surface area contributed by atoms with Crippen LogP contribution in [-0.2, 0) is 4.79 Å². The Hall–Kier alpha value is -0.610. The fourth-order valence-electron chi connectivity index (χ4n) is 2.13. The molecule has 1 fully saturated rings. The highest BCUT2D eigenvalue weighted by Crippen LogP contribution is 2.25. The van der Waals surface area contributed by atoms with Gasteiger partial charge in [0.2, 0.25) is 5.91 Å². The number of carbonyl (C=O) groups is 1. The standard InChI is InChI=1S/C11H21NO3/c1-12(7-10(14)8-13)11(15)9-5-3-2-4-6-9/h9-10,13-14H,2-8H2,1H3. The van der Waals surface area contributed by atoms with Gasteiger partial charge in [0, 0.05) is 19.5 Å². The molecule has 2 N–H and O–H groups in total. The van der Waals surface area contributed by atoms with Crippen LogP contribution in [0.2, 0.25) is 0 Å². The highest BCUT2D eigenvalue weighted by Gasteiger charge is 2.24. The maximum atomic E-state index is 11.9. The van der Waals surface area contributed by atoms with Crippen LogP contribution in [0.15, 0.2) is 0 Å². The van der Waals surface area contributed by atoms with Gasteiger partial charge in [-0.05, 0) is 12.8 Å². The second-order valence-corrected chi connectivity index (χ2v) is 4.39. The second kappa shape index (κ2) is 6.08. The molecule has 88 valence electrons. The topological polar surface area (TPSA) is 60.8 Å². The Kier molecular flexibility index (Phi) is 5.05. The van der Waals surface area contributed by atoms with Gasteiger partial charge in [0.15, 0.2) is 0 Å². The first-order valence-corrected chi connectivity index (χ1v) is 5.69. The Bertz CT molecular complexity index is 202. The third kappa shape index (κ3) is 3.80. The van der Waals surface area contributed by atoms with E-state index in [2.05, 4.69) is 0 Å². The fourth-order valence-corrected chi connectivity index (χ4v) is 2.13. The molecular weight excluding hydrogens is 194 g/mol. The summed E-state index contributed by atoms with van der Waals surface area (Å²) in [4.78, 5) is 13.4. The number of aliphatic hydroxyl groups is 2. The SMILES string of the molecule is CN(CC(O)CO)C(=O)C1CCCCC1. The van der Waals surface area contributed by atoms with Crippen molar-refractivity contribution in [2.45, 2.75) is 38.2 Å². The van der Waals surface area contributed by atoms with Crippen molar-refractivity contribution in [3.63, 3.8) is 0 Å². The number of hydrogen-bond acceptors (Lipinski definition) is 3. The van der Waals surface area contributed by atoms with Gasteiger partial charge in [-0.1, -0.05) is 19.3 Å². The molecule has 0 aliphatic heterocycles. The van der Waals surface area contributed by atoms with Crippen LogP contribution in [0.5, 0.6) is 0 Å². The van der Waals surface area contributed by atoms with E-state index in [9.17, 15) is 9.90 Å². The van der Waals surface area contributed by atoms with Gasteiger partial charge in [0.1, 0.15) is 0 Å². The maximum absolute atomic E-state index is 11.9. The molecule has 1 atom stereocenters. The number of likely N-dealkylation sites (N-methyl/N-ethyl adjacent to an activating group) is 1. The zero-order valence-corrected chi connectivity index (χ0v) is 9.35. The van der Waals surface area contributed by atoms with Crippen molar-refractivity contribution in [1.29, 1.82) is 0 Å². The van der Waals surface area contributed by atoms with Crippen LogP contribution in [0, 0.1) is 5.92 Å². The lowest BCUT2D eigenvalue weighted by Gasteiger charge is -2.27. The van der Waals surface area contributed by atoms with E-state index in [0.717, 1.165) is 25.7 Å². The Morgan fingerprint density at radius 1 is 1.40 bits per heavy atom. The van der Waals surface area contributed by atoms with Crippen molar-refractivity contribution in [2.24, 2.45) is 5.92 Å². The third-order valence-electron chi connectivity index (χ3n) is 3.03. The minimum absolute atomic E-state index is 0.113. The number of amides is 1. The zero-order chi connectivity index (χ0) is 11.3. The Morgan fingerprint density at radius 3 is 2.53 bits per heavy atom. The van der Waals surface area contributed by atoms with Gasteiger partial charge in [-0.2, -0.15) is 0 Å². The second-order valence-electron chi connectivity index (χ2n) is 4.39. The van der Waals surface area contributed by atoms with Crippen molar-refractivity contribution in [3.05, 3.63) is 0 Å². The molecule has 1 rings (SSSR count). The number of aliphatic hydroxyl groups excluding tert-OH is 2. The van der Waals surface area contributed by atoms with E-state index in [4.69, 9.17) is 5.11 Å². The molecule has 0 spiro atoms. The summed E-state index contributed by atoms with van der Waals surface area (Å²) in [5, 5.41) is 17.9. The highest BCUT2D eigenvalue weighted by atomic mass is 16.3. The van der Waals surface area contributed by atoms with E-state index in [1.165, 1.54) is 11.3 Å². The minimum Gasteiger partial charge on any atom is -0.394 e. The largest absolute Gasteiger partial charge is 0.394 e. The van der Waals surface area contributed by atoms with Crippen LogP contribution in [0.4, 0.5) is 0 Å². The Labute approximate surface area is 90.9 Å². The Balaban J connectivity index is 2.37. The van der Waals surface area contributed by atoms with Crippen LogP contribution in [-0.4, -0.2) is 47.3 Å². The van der Waals surface area contributed by atoms with Gasteiger partial charge in [-0.25, -0.2) is 0 Å². The zero-order valence-electron chi connectivity index (χ0n) is 9.35. The number of carbonyl (C=O) groups excluding carboxylic acids is 1. The summed E-state index contributed by atoms with van der Waals surface area (Å²) in [7, 11) is 1.69. The van der Waals surface area contributed by atoms with Crippen molar-refractivity contribution >= 4 is 5.91 Å². The average Bonchev–Trinajstić information content (AvgIpc) is 2.29. The molecule has 1 saturated carbocycles. The first kappa shape index (κ1) is 12.5. The van der Waals surface area contributed by atoms with Gasteiger partial charge < -0.3 is 15.1 Å². The van der Waals surface area contributed by atoms with Crippen molar-refractivity contribution in [1.82, 2.24) is 4.90 Å². The van der Waals surface area contributed by atoms with Crippen molar-refractivity contribution < 1.29 is 15.0 Å². The van der Waals surface area contributed by atoms with Crippen LogP contribution < -0.4 is 0 Å². The molecule has 1 amide bonds. The summed E-state index contributed by atoms with van der Waals surface area (Å²) in [6.45, 7) is -0.0614. The summed E-state index contributed by atoms with van der Waals surface area (Å²) < 4.78 is 0. The number of nitrogens with zero attached hydrogens (tertiary/aromatic N) is 1. The van der Waals surface area contributed by atoms with Gasteiger partial charge in [-0.15, -0.1) is 0 Å². The molecule has 0 heterocycles. The molecule has 1 aliphatic carbocycles. The van der Waals surface area contributed by atoms with E-state index in [1.54, 1.807) is 7.05 Å². The van der Waals surface area contributed by atoms with Crippen LogP contribution in [0.1, 0.15) is 32.1 Å². The highest BCUT2D eigenvalue weighted by molar-refractivity contribution is 5.78. The molecule has 0 radical (unpaired) electrons. The molecule has 4 heteroatoms. The lowest BCUT2D eigenvalue weighted by molar-refractivity contribution is -0.136. The first-order valence-electron chi connectivity index (χ1n) is 5.69. The lowest BCUT2D eigenvalue weighted by atomic mass is 9.88. The van der Waals surface area contributed by atoms with Crippen molar-refractivity contribution in [3.8, 4) is 0 Å². The predicted octanol–water partition coefficient (Wildman–Crippen LogP) is 0.378. The van der Waals surface area contributed by atoms with Crippen molar-refractivity contribution in [2.75, 3.05) is 20.2 Å². The summed E-state index contributed by atoms with van der Waals surface area (Å²) in [6, 6.07) is 0. The van der Waals surface area contributed by atoms with Crippen LogP contribution >= 0.6 is 0 Å². The summed E-state index contributed by atoms with van der Waals surface area (Å²) in [6.07, 6.45) is 4.62. The summed E-state index contributed by atoms with van der Waals surface area (Å²) >= 11 is 0. The molecule has 1 unspecified atom stereocenters. The van der Waals surface area contributed by atoms with E-state index in [0.29, 0.717) is 0 Å². The smallest absolute Gasteiger partial charge is 0.225 e. The third-order valence-corrected chi connectivity index (χ3v) is 3.03. The molecule has 0 aromatic rings. The molecule has 0 aromatic carbocycles. The van der Waals surface area contributed by atoms with Crippen LogP contribution in [0.25, 0.3) is 0 Å². The number of hydrogen-bond donors (Lipinski definition) is 2. The molecule has 4 nitrogen and oxygen atoms in total. The van der Waals surface area contributed by atoms with Gasteiger partial charge in [-0.3, -0.25) is 4.79 Å². The van der Waals surface area contributed by atoms with E-state index in [1.807, 2.05) is 0 Å². The molecule has 0 bridgehead atoms. The average molecular weight is 215 g/mol. The number of rotatable bonds is 4. The lowest BCUT2D eigenvalue weighted by Crippen LogP contribution is -2.39. The monoisotopic (exact) mass is 215 g/mol. The van der Waals surface area contributed by atoms with Gasteiger partial charge >= 0.3 is 0 Å². The van der Waals surface area contributed by atoms with E-state index < -0.39 is 6.10 Å². The minimum atomic E-state index is -0.817. The molecule has 0 aromatic heterocycles. The molecular formula is C11H21NO3. The predicted molar refractivity (Wildman–Crippen MR) is 57.3 cm³/mol. The molecule has 0 saturated heterocycles. The Morgan fingerprint density at radius 2 is 2.00 bits per heavy atom. The van der Waals surface area contributed by atoms with Crippen LogP contribution in [0.3, 0.4) is 0 Å². The van der Waals surface area contributed by atoms with E-state index >= 15 is 0 Å². The molecule has 1 aliphatic rings. The fraction of sp³-hybridized carbons (Fsp3) is 0.909. The maximum Gasteiger partial charge on any atom is 0.225 e. The van der Waals surface area contributed by atoms with E-state index in [-0.39, 0.29) is 25.0 Å². The van der Waals surface area contributed by atoms with Gasteiger partial charge in [0.25, 0.3) is 0 Å². The summed E-state index contributed by atoms with van der Waals surface area (Å²) in [5.74, 6) is 0.247. The molecule has 15 heavy (non-hydrogen) atoms. The normalized spacial score (nSPS) is 19.9. The first-order chi connectivity index (χ1) is 7.15.